The van der Waals surface area contributed by atoms with Crippen molar-refractivity contribution in [1.29, 1.82) is 0 Å². The Labute approximate surface area is 118 Å². The Morgan fingerprint density at radius 3 is 2.60 bits per heavy atom. The van der Waals surface area contributed by atoms with Crippen molar-refractivity contribution in [3.63, 3.8) is 0 Å². The Morgan fingerprint density at radius 1 is 1.45 bits per heavy atom. The summed E-state index contributed by atoms with van der Waals surface area (Å²) in [5, 5.41) is 16.3. The minimum atomic E-state index is -0.846. The maximum absolute atomic E-state index is 12.6. The largest absolute Gasteiger partial charge is 0.481 e. The lowest BCUT2D eigenvalue weighted by Crippen LogP contribution is -2.35. The summed E-state index contributed by atoms with van der Waals surface area (Å²) in [6, 6.07) is 0. The van der Waals surface area contributed by atoms with Crippen LogP contribution >= 0.6 is 0 Å². The van der Waals surface area contributed by atoms with Gasteiger partial charge in [0.2, 0.25) is 0 Å². The zero-order valence-corrected chi connectivity index (χ0v) is 12.4. The van der Waals surface area contributed by atoms with Gasteiger partial charge in [-0.05, 0) is 26.2 Å². The summed E-state index contributed by atoms with van der Waals surface area (Å²) in [6.45, 7) is 8.20. The van der Waals surface area contributed by atoms with E-state index in [0.29, 0.717) is 18.5 Å². The maximum atomic E-state index is 12.6. The number of nitrogens with one attached hydrogen (secondary N) is 1. The number of nitrogens with zero attached hydrogens (tertiary/aromatic N) is 2. The first-order valence-electron chi connectivity index (χ1n) is 6.84. The number of aromatic nitrogens is 2. The Hall–Kier alpha value is -1.85. The zero-order valence-electron chi connectivity index (χ0n) is 12.4. The number of carboxylic acid groups (broad SMARTS) is 1. The molecule has 1 saturated heterocycles. The molecule has 1 unspecified atom stereocenters. The molecular formula is C14H21N3O3. The molecule has 6 nitrogen and oxygen atoms in total. The summed E-state index contributed by atoms with van der Waals surface area (Å²) >= 11 is 0. The van der Waals surface area contributed by atoms with Crippen LogP contribution in [-0.2, 0) is 4.79 Å². The van der Waals surface area contributed by atoms with Gasteiger partial charge in [0.25, 0.3) is 5.91 Å². The van der Waals surface area contributed by atoms with E-state index in [0.717, 1.165) is 11.4 Å². The smallest absolute Gasteiger partial charge is 0.311 e. The fourth-order valence-electron chi connectivity index (χ4n) is 2.60. The van der Waals surface area contributed by atoms with E-state index in [1.165, 1.54) is 0 Å². The highest BCUT2D eigenvalue weighted by Gasteiger charge is 2.43. The van der Waals surface area contributed by atoms with Gasteiger partial charge in [-0.1, -0.05) is 13.8 Å². The second-order valence-electron chi connectivity index (χ2n) is 6.11. The number of carbonyl (C=O) groups is 2. The molecule has 0 saturated carbocycles. The molecule has 1 aliphatic heterocycles. The number of rotatable bonds is 3. The first-order valence-corrected chi connectivity index (χ1v) is 6.84. The molecule has 1 fully saturated rings. The van der Waals surface area contributed by atoms with Crippen molar-refractivity contribution in [1.82, 2.24) is 15.1 Å². The molecule has 1 aromatic rings. The fourth-order valence-corrected chi connectivity index (χ4v) is 2.60. The summed E-state index contributed by atoms with van der Waals surface area (Å²) in [5.41, 5.74) is 1.24. The first kappa shape index (κ1) is 14.6. The van der Waals surface area contributed by atoms with E-state index >= 15 is 0 Å². The summed E-state index contributed by atoms with van der Waals surface area (Å²) in [7, 11) is 0. The summed E-state index contributed by atoms with van der Waals surface area (Å²) in [5.74, 6) is -0.821. The molecular weight excluding hydrogens is 258 g/mol. The highest BCUT2D eigenvalue weighted by molar-refractivity contribution is 5.97. The molecule has 1 aliphatic rings. The molecule has 0 bridgehead atoms. The van der Waals surface area contributed by atoms with Gasteiger partial charge < -0.3 is 10.0 Å². The SMILES string of the molecule is Cc1[nH]nc(C(C)C)c1C(=O)N1CCC(C)(C(=O)O)C1. The van der Waals surface area contributed by atoms with Crippen molar-refractivity contribution in [2.24, 2.45) is 5.41 Å². The quantitative estimate of drug-likeness (QED) is 0.883. The van der Waals surface area contributed by atoms with Crippen molar-refractivity contribution in [3.8, 4) is 0 Å². The van der Waals surface area contributed by atoms with Crippen molar-refractivity contribution in [3.05, 3.63) is 17.0 Å². The van der Waals surface area contributed by atoms with Gasteiger partial charge in [-0.25, -0.2) is 0 Å². The highest BCUT2D eigenvalue weighted by Crippen LogP contribution is 2.32. The standard InChI is InChI=1S/C14H21N3O3/c1-8(2)11-10(9(3)15-16-11)12(18)17-6-5-14(4,7-17)13(19)20/h8H,5-7H2,1-4H3,(H,15,16)(H,19,20). The van der Waals surface area contributed by atoms with E-state index in [4.69, 9.17) is 0 Å². The van der Waals surface area contributed by atoms with E-state index in [1.54, 1.807) is 11.8 Å². The Morgan fingerprint density at radius 2 is 2.10 bits per heavy atom. The van der Waals surface area contributed by atoms with Crippen molar-refractivity contribution in [2.45, 2.75) is 40.0 Å². The summed E-state index contributed by atoms with van der Waals surface area (Å²) < 4.78 is 0. The van der Waals surface area contributed by atoms with Gasteiger partial charge in [-0.3, -0.25) is 14.7 Å². The number of H-pyrrole nitrogens is 1. The number of aryl methyl sites for hydroxylation is 1. The van der Waals surface area contributed by atoms with Crippen LogP contribution in [0.1, 0.15) is 54.9 Å². The van der Waals surface area contributed by atoms with Gasteiger partial charge in [-0.2, -0.15) is 5.10 Å². The zero-order chi connectivity index (χ0) is 15.1. The maximum Gasteiger partial charge on any atom is 0.311 e. The predicted octanol–water partition coefficient (Wildman–Crippen LogP) is 1.78. The van der Waals surface area contributed by atoms with E-state index in [-0.39, 0.29) is 18.4 Å². The number of amides is 1. The molecule has 1 aromatic heterocycles. The molecule has 0 spiro atoms. The summed E-state index contributed by atoms with van der Waals surface area (Å²) in [6.07, 6.45) is 0.488. The van der Waals surface area contributed by atoms with E-state index < -0.39 is 11.4 Å². The molecule has 1 atom stereocenters. The molecule has 2 heterocycles. The fraction of sp³-hybridized carbons (Fsp3) is 0.643. The normalized spacial score (nSPS) is 22.6. The van der Waals surface area contributed by atoms with Crippen molar-refractivity contribution < 1.29 is 14.7 Å². The van der Waals surface area contributed by atoms with E-state index in [2.05, 4.69) is 10.2 Å². The monoisotopic (exact) mass is 279 g/mol. The third kappa shape index (κ3) is 2.30. The molecule has 2 rings (SSSR count). The number of aromatic amines is 1. The molecule has 0 radical (unpaired) electrons. The lowest BCUT2D eigenvalue weighted by molar-refractivity contribution is -0.147. The van der Waals surface area contributed by atoms with Crippen LogP contribution < -0.4 is 0 Å². The van der Waals surface area contributed by atoms with Crippen LogP contribution in [0.4, 0.5) is 0 Å². The third-order valence-electron chi connectivity index (χ3n) is 4.01. The van der Waals surface area contributed by atoms with Gasteiger partial charge in [-0.15, -0.1) is 0 Å². The minimum Gasteiger partial charge on any atom is -0.481 e. The van der Waals surface area contributed by atoms with Gasteiger partial charge in [0.05, 0.1) is 16.7 Å². The number of likely N-dealkylation sites (tertiary alicyclic amines) is 1. The molecule has 0 aliphatic carbocycles. The number of hydrogen-bond donors (Lipinski definition) is 2. The predicted molar refractivity (Wildman–Crippen MR) is 73.7 cm³/mol. The highest BCUT2D eigenvalue weighted by atomic mass is 16.4. The van der Waals surface area contributed by atoms with Gasteiger partial charge in [0, 0.05) is 18.8 Å². The third-order valence-corrected chi connectivity index (χ3v) is 4.01. The van der Waals surface area contributed by atoms with Gasteiger partial charge in [0.1, 0.15) is 0 Å². The van der Waals surface area contributed by atoms with Crippen LogP contribution in [0.2, 0.25) is 0 Å². The van der Waals surface area contributed by atoms with Crippen molar-refractivity contribution in [2.75, 3.05) is 13.1 Å². The average Bonchev–Trinajstić information content (AvgIpc) is 2.93. The lowest BCUT2D eigenvalue weighted by Gasteiger charge is -2.20. The summed E-state index contributed by atoms with van der Waals surface area (Å²) in [4.78, 5) is 25.5. The molecule has 110 valence electrons. The lowest BCUT2D eigenvalue weighted by atomic mass is 9.90. The molecule has 1 amide bonds. The van der Waals surface area contributed by atoms with Crippen LogP contribution in [0.15, 0.2) is 0 Å². The molecule has 0 aromatic carbocycles. The van der Waals surface area contributed by atoms with Crippen LogP contribution in [-0.4, -0.2) is 45.2 Å². The minimum absolute atomic E-state index is 0.120. The van der Waals surface area contributed by atoms with Crippen molar-refractivity contribution >= 4 is 11.9 Å². The van der Waals surface area contributed by atoms with Crippen LogP contribution in [0.5, 0.6) is 0 Å². The average molecular weight is 279 g/mol. The van der Waals surface area contributed by atoms with E-state index in [9.17, 15) is 14.7 Å². The van der Waals surface area contributed by atoms with Crippen LogP contribution in [0.3, 0.4) is 0 Å². The van der Waals surface area contributed by atoms with Gasteiger partial charge >= 0.3 is 5.97 Å². The molecule has 2 N–H and O–H groups in total. The number of hydrogen-bond acceptors (Lipinski definition) is 3. The Bertz CT molecular complexity index is 550. The van der Waals surface area contributed by atoms with Crippen LogP contribution in [0.25, 0.3) is 0 Å². The molecule has 6 heteroatoms. The van der Waals surface area contributed by atoms with E-state index in [1.807, 2.05) is 20.8 Å². The topological polar surface area (TPSA) is 86.3 Å². The first-order chi connectivity index (χ1) is 9.26. The number of carboxylic acids is 1. The number of aliphatic carboxylic acids is 1. The second-order valence-corrected chi connectivity index (χ2v) is 6.11. The Kier molecular flexibility index (Phi) is 3.58. The molecule has 20 heavy (non-hydrogen) atoms. The second kappa shape index (κ2) is 4.92. The van der Waals surface area contributed by atoms with Gasteiger partial charge in [0.15, 0.2) is 0 Å². The Balaban J connectivity index is 2.26. The van der Waals surface area contributed by atoms with Crippen LogP contribution in [0, 0.1) is 12.3 Å². The number of carbonyl (C=O) groups excluding carboxylic acids is 1.